The lowest BCUT2D eigenvalue weighted by Gasteiger charge is -2.26. The molecule has 0 saturated carbocycles. The molecule has 17 heavy (non-hydrogen) atoms. The highest BCUT2D eigenvalue weighted by Crippen LogP contribution is 2.22. The molecule has 5 heteroatoms. The Kier molecular flexibility index (Phi) is 4.58. The molecule has 0 spiro atoms. The zero-order valence-electron chi connectivity index (χ0n) is 10.3. The number of nitrogens with one attached hydrogen (secondary N) is 1. The summed E-state index contributed by atoms with van der Waals surface area (Å²) in [5.41, 5.74) is 0.264. The third kappa shape index (κ3) is 4.30. The van der Waals surface area contributed by atoms with Gasteiger partial charge in [-0.3, -0.25) is 0 Å². The van der Waals surface area contributed by atoms with E-state index in [0.717, 1.165) is 5.56 Å². The first-order chi connectivity index (χ1) is 7.77. The second kappa shape index (κ2) is 5.38. The second-order valence-corrected chi connectivity index (χ2v) is 6.83. The van der Waals surface area contributed by atoms with Gasteiger partial charge in [0.15, 0.2) is 0 Å². The van der Waals surface area contributed by atoms with Crippen LogP contribution in [0.1, 0.15) is 32.8 Å². The molecule has 0 aliphatic heterocycles. The average Bonchev–Trinajstić information content (AvgIpc) is 2.16. The largest absolute Gasteiger partial charge is 0.212 e. The number of benzene rings is 1. The van der Waals surface area contributed by atoms with E-state index in [1.165, 1.54) is 0 Å². The molecular formula is C12H18ClNO2S. The molecule has 0 aromatic heterocycles. The summed E-state index contributed by atoms with van der Waals surface area (Å²) in [4.78, 5) is 0. The zero-order valence-corrected chi connectivity index (χ0v) is 11.9. The zero-order chi connectivity index (χ0) is 13.1. The van der Waals surface area contributed by atoms with Gasteiger partial charge in [0.2, 0.25) is 10.0 Å². The van der Waals surface area contributed by atoms with Gasteiger partial charge in [-0.15, -0.1) is 0 Å². The van der Waals surface area contributed by atoms with Crippen LogP contribution in [0.4, 0.5) is 0 Å². The van der Waals surface area contributed by atoms with Crippen LogP contribution >= 0.6 is 11.6 Å². The van der Waals surface area contributed by atoms with Gasteiger partial charge in [0, 0.05) is 5.02 Å². The van der Waals surface area contributed by atoms with E-state index in [-0.39, 0.29) is 5.75 Å². The summed E-state index contributed by atoms with van der Waals surface area (Å²) in [5.74, 6) is 0.143. The van der Waals surface area contributed by atoms with Crippen molar-refractivity contribution in [1.29, 1.82) is 0 Å². The van der Waals surface area contributed by atoms with Crippen LogP contribution in [0.25, 0.3) is 0 Å². The number of hydrogen-bond acceptors (Lipinski definition) is 2. The highest BCUT2D eigenvalue weighted by Gasteiger charge is 2.25. The molecule has 0 amide bonds. The first-order valence-corrected chi connectivity index (χ1v) is 7.57. The van der Waals surface area contributed by atoms with Crippen LogP contribution < -0.4 is 4.72 Å². The predicted octanol–water partition coefficient (Wildman–Crippen LogP) is 2.90. The lowest BCUT2D eigenvalue weighted by atomic mass is 9.96. The molecule has 0 bridgehead atoms. The Morgan fingerprint density at radius 1 is 1.24 bits per heavy atom. The molecule has 1 N–H and O–H groups in total. The van der Waals surface area contributed by atoms with Gasteiger partial charge in [0.1, 0.15) is 0 Å². The van der Waals surface area contributed by atoms with Crippen LogP contribution in [0.5, 0.6) is 0 Å². The van der Waals surface area contributed by atoms with Gasteiger partial charge in [-0.2, -0.15) is 0 Å². The third-order valence-electron chi connectivity index (χ3n) is 2.45. The monoisotopic (exact) mass is 275 g/mol. The van der Waals surface area contributed by atoms with Gasteiger partial charge in [0.05, 0.1) is 11.3 Å². The van der Waals surface area contributed by atoms with Gasteiger partial charge < -0.3 is 0 Å². The standard InChI is InChI=1S/C12H18ClNO2S/c1-4-9-17(15,16)14-12(2,3)10-5-7-11(13)8-6-10/h5-8,14H,4,9H2,1-3H3. The van der Waals surface area contributed by atoms with Crippen molar-refractivity contribution in [2.24, 2.45) is 0 Å². The molecule has 0 radical (unpaired) electrons. The van der Waals surface area contributed by atoms with E-state index in [2.05, 4.69) is 4.72 Å². The summed E-state index contributed by atoms with van der Waals surface area (Å²) in [5, 5.41) is 0.640. The van der Waals surface area contributed by atoms with Crippen LogP contribution in [0.2, 0.25) is 5.02 Å². The van der Waals surface area contributed by atoms with Crippen molar-refractivity contribution in [2.45, 2.75) is 32.7 Å². The van der Waals surface area contributed by atoms with Crippen molar-refractivity contribution in [2.75, 3.05) is 5.75 Å². The minimum atomic E-state index is -3.23. The van der Waals surface area contributed by atoms with Gasteiger partial charge in [-0.25, -0.2) is 13.1 Å². The summed E-state index contributed by atoms with van der Waals surface area (Å²) in [6.45, 7) is 5.52. The molecule has 96 valence electrons. The Hall–Kier alpha value is -0.580. The third-order valence-corrected chi connectivity index (χ3v) is 4.47. The van der Waals surface area contributed by atoms with Gasteiger partial charge >= 0.3 is 0 Å². The van der Waals surface area contributed by atoms with Crippen LogP contribution in [0.15, 0.2) is 24.3 Å². The maximum atomic E-state index is 11.7. The fraction of sp³-hybridized carbons (Fsp3) is 0.500. The summed E-state index contributed by atoms with van der Waals surface area (Å²) in [7, 11) is -3.23. The summed E-state index contributed by atoms with van der Waals surface area (Å²) < 4.78 is 26.2. The van der Waals surface area contributed by atoms with Gasteiger partial charge in [0.25, 0.3) is 0 Å². The molecule has 0 heterocycles. The van der Waals surface area contributed by atoms with E-state index in [0.29, 0.717) is 11.4 Å². The van der Waals surface area contributed by atoms with Crippen LogP contribution in [0.3, 0.4) is 0 Å². The summed E-state index contributed by atoms with van der Waals surface area (Å²) in [6, 6.07) is 7.17. The molecule has 0 aliphatic carbocycles. The van der Waals surface area contributed by atoms with Crippen molar-refractivity contribution < 1.29 is 8.42 Å². The molecule has 3 nitrogen and oxygen atoms in total. The minimum absolute atomic E-state index is 0.143. The van der Waals surface area contributed by atoms with E-state index in [1.54, 1.807) is 12.1 Å². The highest BCUT2D eigenvalue weighted by atomic mass is 35.5. The van der Waals surface area contributed by atoms with Crippen molar-refractivity contribution in [3.63, 3.8) is 0 Å². The number of halogens is 1. The fourth-order valence-electron chi connectivity index (χ4n) is 1.63. The molecule has 0 unspecified atom stereocenters. The molecular weight excluding hydrogens is 258 g/mol. The SMILES string of the molecule is CCCS(=O)(=O)NC(C)(C)c1ccc(Cl)cc1. The molecule has 0 atom stereocenters. The van der Waals surface area contributed by atoms with E-state index < -0.39 is 15.6 Å². The van der Waals surface area contributed by atoms with Crippen LogP contribution in [0, 0.1) is 0 Å². The predicted molar refractivity (Wildman–Crippen MR) is 71.7 cm³/mol. The first-order valence-electron chi connectivity index (χ1n) is 5.54. The van der Waals surface area contributed by atoms with Crippen molar-refractivity contribution in [1.82, 2.24) is 4.72 Å². The average molecular weight is 276 g/mol. The maximum Gasteiger partial charge on any atom is 0.212 e. The lowest BCUT2D eigenvalue weighted by molar-refractivity contribution is 0.471. The number of hydrogen-bond donors (Lipinski definition) is 1. The Morgan fingerprint density at radius 3 is 2.24 bits per heavy atom. The van der Waals surface area contributed by atoms with Crippen LogP contribution in [-0.2, 0) is 15.6 Å². The first kappa shape index (κ1) is 14.5. The lowest BCUT2D eigenvalue weighted by Crippen LogP contribution is -2.41. The number of sulfonamides is 1. The maximum absolute atomic E-state index is 11.7. The van der Waals surface area contributed by atoms with Gasteiger partial charge in [-0.1, -0.05) is 30.7 Å². The van der Waals surface area contributed by atoms with Crippen molar-refractivity contribution in [3.05, 3.63) is 34.9 Å². The smallest absolute Gasteiger partial charge is 0.212 e. The van der Waals surface area contributed by atoms with Gasteiger partial charge in [-0.05, 0) is 38.0 Å². The molecule has 0 fully saturated rings. The quantitative estimate of drug-likeness (QED) is 0.898. The van der Waals surface area contributed by atoms with E-state index in [4.69, 9.17) is 11.6 Å². The van der Waals surface area contributed by atoms with E-state index in [9.17, 15) is 8.42 Å². The van der Waals surface area contributed by atoms with E-state index >= 15 is 0 Å². The Balaban J connectivity index is 2.92. The normalized spacial score (nSPS) is 12.7. The fourth-order valence-corrected chi connectivity index (χ4v) is 3.29. The number of rotatable bonds is 5. The summed E-state index contributed by atoms with van der Waals surface area (Å²) in [6.07, 6.45) is 0.603. The second-order valence-electron chi connectivity index (χ2n) is 4.55. The van der Waals surface area contributed by atoms with Crippen LogP contribution in [-0.4, -0.2) is 14.2 Å². The summed E-state index contributed by atoms with van der Waals surface area (Å²) >= 11 is 5.81. The minimum Gasteiger partial charge on any atom is -0.212 e. The Morgan fingerprint density at radius 2 is 1.76 bits per heavy atom. The van der Waals surface area contributed by atoms with E-state index in [1.807, 2.05) is 32.9 Å². The molecule has 1 rings (SSSR count). The molecule has 0 aliphatic rings. The molecule has 0 saturated heterocycles. The Labute approximate surface area is 108 Å². The van der Waals surface area contributed by atoms with Crippen molar-refractivity contribution in [3.8, 4) is 0 Å². The topological polar surface area (TPSA) is 46.2 Å². The van der Waals surface area contributed by atoms with Crippen molar-refractivity contribution >= 4 is 21.6 Å². The Bertz CT molecular complexity index is 466. The highest BCUT2D eigenvalue weighted by molar-refractivity contribution is 7.89. The molecule has 1 aromatic carbocycles. The molecule has 1 aromatic rings.